The third kappa shape index (κ3) is 2.87. The molecule has 0 aromatic rings. The van der Waals surface area contributed by atoms with E-state index in [4.69, 9.17) is 5.11 Å². The Morgan fingerprint density at radius 2 is 1.71 bits per heavy atom. The second-order valence-corrected chi connectivity index (χ2v) is 3.36. The molecule has 0 aromatic carbocycles. The maximum absolute atomic E-state index is 11.2. The zero-order chi connectivity index (χ0) is 9.84. The van der Waals surface area contributed by atoms with Crippen LogP contribution in [0.3, 0.4) is 0 Å². The molecule has 0 amide bonds. The van der Waals surface area contributed by atoms with Gasteiger partial charge in [0.25, 0.3) is 0 Å². The highest BCUT2D eigenvalue weighted by Crippen LogP contribution is 2.30. The first-order valence-corrected chi connectivity index (χ1v) is 4.47. The summed E-state index contributed by atoms with van der Waals surface area (Å²) < 4.78 is 4.57. The number of ether oxygens (including phenoxy) is 1. The first-order valence-electron chi connectivity index (χ1n) is 4.47. The Labute approximate surface area is 89.0 Å². The van der Waals surface area contributed by atoms with Crippen molar-refractivity contribution in [3.63, 3.8) is 0 Å². The van der Waals surface area contributed by atoms with Crippen LogP contribution < -0.4 is 0 Å². The van der Waals surface area contributed by atoms with E-state index in [2.05, 4.69) is 4.74 Å². The third-order valence-corrected chi connectivity index (χ3v) is 2.59. The van der Waals surface area contributed by atoms with Crippen molar-refractivity contribution in [1.82, 2.24) is 0 Å². The van der Waals surface area contributed by atoms with Gasteiger partial charge in [0.1, 0.15) is 0 Å². The van der Waals surface area contributed by atoms with Gasteiger partial charge in [-0.1, -0.05) is 12.8 Å². The Bertz CT molecular complexity index is 217. The molecule has 1 aliphatic carbocycles. The number of esters is 1. The van der Waals surface area contributed by atoms with Crippen LogP contribution in [0.4, 0.5) is 0 Å². The van der Waals surface area contributed by atoms with Gasteiger partial charge in [0.05, 0.1) is 18.9 Å². The topological polar surface area (TPSA) is 63.6 Å². The van der Waals surface area contributed by atoms with Crippen LogP contribution in [0.2, 0.25) is 0 Å². The van der Waals surface area contributed by atoms with Crippen LogP contribution in [0.15, 0.2) is 0 Å². The molecule has 4 nitrogen and oxygen atoms in total. The largest absolute Gasteiger partial charge is 0.481 e. The summed E-state index contributed by atoms with van der Waals surface area (Å²) in [7, 11) is 1.30. The molecule has 1 rings (SSSR count). The number of halogens is 1. The van der Waals surface area contributed by atoms with Crippen LogP contribution in [0.1, 0.15) is 25.7 Å². The predicted octanol–water partition coefficient (Wildman–Crippen LogP) is 1.47. The molecular formula is C9H15ClO4. The van der Waals surface area contributed by atoms with Crippen LogP contribution in [0.25, 0.3) is 0 Å². The average molecular weight is 223 g/mol. The van der Waals surface area contributed by atoms with E-state index in [1.807, 2.05) is 0 Å². The van der Waals surface area contributed by atoms with Crippen LogP contribution >= 0.6 is 12.4 Å². The molecule has 0 heterocycles. The summed E-state index contributed by atoms with van der Waals surface area (Å²) >= 11 is 0. The zero-order valence-corrected chi connectivity index (χ0v) is 8.88. The maximum atomic E-state index is 11.2. The molecule has 0 saturated heterocycles. The van der Waals surface area contributed by atoms with E-state index in [1.54, 1.807) is 0 Å². The Balaban J connectivity index is 0.00000169. The lowest BCUT2D eigenvalue weighted by Crippen LogP contribution is -2.33. The van der Waals surface area contributed by atoms with Gasteiger partial charge in [-0.15, -0.1) is 12.4 Å². The molecule has 2 atom stereocenters. The molecule has 1 aliphatic rings. The number of aliphatic carboxylic acids is 1. The average Bonchev–Trinajstić information content (AvgIpc) is 2.16. The van der Waals surface area contributed by atoms with Crippen molar-refractivity contribution in [2.24, 2.45) is 11.8 Å². The fourth-order valence-electron chi connectivity index (χ4n) is 1.86. The standard InChI is InChI=1S/C9H14O4.ClH/c1-13-9(12)7-5-3-2-4-6(7)8(10)11;/h6-7H,2-5H2,1H3,(H,10,11);1H. The second-order valence-electron chi connectivity index (χ2n) is 3.36. The van der Waals surface area contributed by atoms with E-state index in [9.17, 15) is 9.59 Å². The summed E-state index contributed by atoms with van der Waals surface area (Å²) in [4.78, 5) is 22.0. The summed E-state index contributed by atoms with van der Waals surface area (Å²) in [5, 5.41) is 8.85. The van der Waals surface area contributed by atoms with E-state index in [0.717, 1.165) is 12.8 Å². The van der Waals surface area contributed by atoms with Gasteiger partial charge in [0.2, 0.25) is 0 Å². The molecule has 1 fully saturated rings. The molecule has 0 radical (unpaired) electrons. The van der Waals surface area contributed by atoms with Crippen LogP contribution in [0, 0.1) is 11.8 Å². The SMILES string of the molecule is COC(=O)C1CCCCC1C(=O)O.Cl. The van der Waals surface area contributed by atoms with Crippen molar-refractivity contribution in [3.05, 3.63) is 0 Å². The fraction of sp³-hybridized carbons (Fsp3) is 0.778. The molecule has 2 unspecified atom stereocenters. The smallest absolute Gasteiger partial charge is 0.309 e. The number of carbonyl (C=O) groups excluding carboxylic acids is 1. The minimum Gasteiger partial charge on any atom is -0.481 e. The fourth-order valence-corrected chi connectivity index (χ4v) is 1.86. The van der Waals surface area contributed by atoms with Crippen LogP contribution in [0.5, 0.6) is 0 Å². The van der Waals surface area contributed by atoms with Gasteiger partial charge in [0.15, 0.2) is 0 Å². The summed E-state index contributed by atoms with van der Waals surface area (Å²) in [6, 6.07) is 0. The van der Waals surface area contributed by atoms with E-state index >= 15 is 0 Å². The normalized spacial score (nSPS) is 26.1. The quantitative estimate of drug-likeness (QED) is 0.719. The highest BCUT2D eigenvalue weighted by molar-refractivity contribution is 5.85. The molecule has 0 bridgehead atoms. The Morgan fingerprint density at radius 3 is 2.14 bits per heavy atom. The van der Waals surface area contributed by atoms with E-state index in [1.165, 1.54) is 7.11 Å². The molecule has 1 N–H and O–H groups in total. The summed E-state index contributed by atoms with van der Waals surface area (Å²) in [5.74, 6) is -2.24. The molecule has 1 saturated carbocycles. The molecule has 82 valence electrons. The van der Waals surface area contributed by atoms with Gasteiger partial charge in [-0.2, -0.15) is 0 Å². The number of methoxy groups -OCH3 is 1. The first kappa shape index (κ1) is 13.2. The highest BCUT2D eigenvalue weighted by Gasteiger charge is 2.36. The monoisotopic (exact) mass is 222 g/mol. The lowest BCUT2D eigenvalue weighted by atomic mass is 9.79. The first-order chi connectivity index (χ1) is 6.16. The van der Waals surface area contributed by atoms with E-state index in [0.29, 0.717) is 12.8 Å². The molecular weight excluding hydrogens is 208 g/mol. The van der Waals surface area contributed by atoms with E-state index < -0.39 is 17.8 Å². The van der Waals surface area contributed by atoms with Gasteiger partial charge in [-0.3, -0.25) is 9.59 Å². The second kappa shape index (κ2) is 5.86. The van der Waals surface area contributed by atoms with Gasteiger partial charge in [-0.05, 0) is 12.8 Å². The van der Waals surface area contributed by atoms with Gasteiger partial charge in [0, 0.05) is 0 Å². The van der Waals surface area contributed by atoms with Crippen LogP contribution in [-0.2, 0) is 14.3 Å². The number of hydrogen-bond donors (Lipinski definition) is 1. The Morgan fingerprint density at radius 1 is 1.21 bits per heavy atom. The van der Waals surface area contributed by atoms with Crippen molar-refractivity contribution >= 4 is 24.3 Å². The molecule has 14 heavy (non-hydrogen) atoms. The lowest BCUT2D eigenvalue weighted by molar-refractivity contribution is -0.157. The number of hydrogen-bond acceptors (Lipinski definition) is 3. The number of carbonyl (C=O) groups is 2. The number of rotatable bonds is 2. The van der Waals surface area contributed by atoms with Crippen LogP contribution in [-0.4, -0.2) is 24.2 Å². The minimum atomic E-state index is -0.880. The highest BCUT2D eigenvalue weighted by atomic mass is 35.5. The molecule has 0 spiro atoms. The Hall–Kier alpha value is -0.770. The summed E-state index contributed by atoms with van der Waals surface area (Å²) in [6.07, 6.45) is 3.05. The van der Waals surface area contributed by atoms with Crippen molar-refractivity contribution in [2.45, 2.75) is 25.7 Å². The lowest BCUT2D eigenvalue weighted by Gasteiger charge is -2.25. The predicted molar refractivity (Wildman–Crippen MR) is 52.3 cm³/mol. The third-order valence-electron chi connectivity index (χ3n) is 2.59. The number of carboxylic acids is 1. The van der Waals surface area contributed by atoms with Gasteiger partial charge in [-0.25, -0.2) is 0 Å². The van der Waals surface area contributed by atoms with Crippen molar-refractivity contribution in [3.8, 4) is 0 Å². The molecule has 0 aliphatic heterocycles. The minimum absolute atomic E-state index is 0. The maximum Gasteiger partial charge on any atom is 0.309 e. The van der Waals surface area contributed by atoms with E-state index in [-0.39, 0.29) is 18.4 Å². The zero-order valence-electron chi connectivity index (χ0n) is 8.06. The van der Waals surface area contributed by atoms with Gasteiger partial charge >= 0.3 is 11.9 Å². The van der Waals surface area contributed by atoms with Crippen molar-refractivity contribution in [2.75, 3.05) is 7.11 Å². The number of carboxylic acid groups (broad SMARTS) is 1. The molecule has 0 aromatic heterocycles. The Kier molecular flexibility index (Phi) is 5.53. The van der Waals surface area contributed by atoms with Gasteiger partial charge < -0.3 is 9.84 Å². The molecule has 5 heteroatoms. The van der Waals surface area contributed by atoms with Crippen molar-refractivity contribution in [1.29, 1.82) is 0 Å². The summed E-state index contributed by atoms with van der Waals surface area (Å²) in [5.41, 5.74) is 0. The van der Waals surface area contributed by atoms with Crippen molar-refractivity contribution < 1.29 is 19.4 Å². The summed E-state index contributed by atoms with van der Waals surface area (Å²) in [6.45, 7) is 0.